The fraction of sp³-hybridized carbons (Fsp3) is 0.208. The first kappa shape index (κ1) is 23.2. The molecule has 3 aromatic rings. The third-order valence-corrected chi connectivity index (χ3v) is 6.17. The van der Waals surface area contributed by atoms with Crippen LogP contribution in [0.2, 0.25) is 0 Å². The fourth-order valence-corrected chi connectivity index (χ4v) is 4.55. The molecule has 0 saturated carbocycles. The first-order valence-electron chi connectivity index (χ1n) is 9.75. The minimum atomic E-state index is -0.372. The topological polar surface area (TPSA) is 78.8 Å². The van der Waals surface area contributed by atoms with Crippen molar-refractivity contribution in [3.63, 3.8) is 0 Å². The molecule has 3 rings (SSSR count). The van der Waals surface area contributed by atoms with Crippen molar-refractivity contribution >= 4 is 43.5 Å². The normalized spacial score (nSPS) is 10.9. The lowest BCUT2D eigenvalue weighted by atomic mass is 9.96. The summed E-state index contributed by atoms with van der Waals surface area (Å²) in [5, 5.41) is 22.4. The second kappa shape index (κ2) is 10.2. The Labute approximate surface area is 198 Å². The van der Waals surface area contributed by atoms with Crippen LogP contribution in [0.25, 0.3) is 0 Å². The average Bonchev–Trinajstić information content (AvgIpc) is 2.72. The lowest BCUT2D eigenvalue weighted by molar-refractivity contribution is -0.118. The minimum Gasteiger partial charge on any atom is -0.508 e. The number of phenols is 2. The van der Waals surface area contributed by atoms with Crippen molar-refractivity contribution < 1.29 is 19.7 Å². The van der Waals surface area contributed by atoms with E-state index in [0.717, 1.165) is 25.6 Å². The highest BCUT2D eigenvalue weighted by atomic mass is 79.9. The molecule has 0 aliphatic carbocycles. The Kier molecular flexibility index (Phi) is 7.62. The zero-order valence-corrected chi connectivity index (χ0v) is 20.3. The highest BCUT2D eigenvalue weighted by Crippen LogP contribution is 2.34. The Morgan fingerprint density at radius 2 is 1.68 bits per heavy atom. The van der Waals surface area contributed by atoms with Crippen molar-refractivity contribution in [2.75, 3.05) is 11.9 Å². The van der Waals surface area contributed by atoms with Crippen LogP contribution in [0.15, 0.2) is 63.5 Å². The largest absolute Gasteiger partial charge is 0.508 e. The zero-order valence-electron chi connectivity index (χ0n) is 17.2. The second-order valence-electron chi connectivity index (χ2n) is 7.44. The van der Waals surface area contributed by atoms with Gasteiger partial charge in [-0.05, 0) is 59.4 Å². The number of ether oxygens (including phenoxy) is 1. The molecule has 1 amide bonds. The number of amides is 1. The molecule has 0 radical (unpaired) electrons. The fourth-order valence-electron chi connectivity index (χ4n) is 3.13. The maximum absolute atomic E-state index is 12.1. The van der Waals surface area contributed by atoms with Crippen LogP contribution in [0.5, 0.6) is 17.2 Å². The molecular weight excluding hydrogens is 526 g/mol. The molecule has 162 valence electrons. The Hall–Kier alpha value is -2.51. The van der Waals surface area contributed by atoms with Crippen molar-refractivity contribution in [2.24, 2.45) is 0 Å². The second-order valence-corrected chi connectivity index (χ2v) is 9.15. The Morgan fingerprint density at radius 3 is 2.32 bits per heavy atom. The number of hydrogen-bond donors (Lipinski definition) is 3. The van der Waals surface area contributed by atoms with Crippen LogP contribution in [0.1, 0.15) is 36.5 Å². The molecule has 0 heterocycles. The number of nitrogens with one attached hydrogen (secondary N) is 1. The summed E-state index contributed by atoms with van der Waals surface area (Å²) in [6.07, 6.45) is 0.662. The maximum Gasteiger partial charge on any atom is 0.262 e. The van der Waals surface area contributed by atoms with Crippen LogP contribution >= 0.6 is 31.9 Å². The van der Waals surface area contributed by atoms with Gasteiger partial charge in [-0.2, -0.15) is 0 Å². The summed E-state index contributed by atoms with van der Waals surface area (Å²) < 4.78 is 7.32. The van der Waals surface area contributed by atoms with Crippen molar-refractivity contribution in [1.29, 1.82) is 0 Å². The predicted molar refractivity (Wildman–Crippen MR) is 129 cm³/mol. The van der Waals surface area contributed by atoms with Gasteiger partial charge in [0.1, 0.15) is 17.2 Å². The van der Waals surface area contributed by atoms with Gasteiger partial charge in [0.2, 0.25) is 0 Å². The molecule has 0 fully saturated rings. The molecule has 3 aromatic carbocycles. The van der Waals surface area contributed by atoms with Gasteiger partial charge in [0.05, 0.1) is 5.69 Å². The molecule has 7 heteroatoms. The third kappa shape index (κ3) is 6.02. The Morgan fingerprint density at radius 1 is 1.00 bits per heavy atom. The van der Waals surface area contributed by atoms with Gasteiger partial charge in [-0.3, -0.25) is 4.79 Å². The number of carbonyl (C=O) groups excluding carboxylic acids is 1. The summed E-state index contributed by atoms with van der Waals surface area (Å²) in [6.45, 7) is 3.90. The lowest BCUT2D eigenvalue weighted by Crippen LogP contribution is -2.20. The Balaban J connectivity index is 1.68. The van der Waals surface area contributed by atoms with Crippen LogP contribution < -0.4 is 10.1 Å². The molecule has 0 unspecified atom stereocenters. The van der Waals surface area contributed by atoms with E-state index in [1.165, 1.54) is 6.07 Å². The third-order valence-electron chi connectivity index (χ3n) is 4.76. The number of benzene rings is 3. The highest BCUT2D eigenvalue weighted by molar-refractivity contribution is 9.11. The summed E-state index contributed by atoms with van der Waals surface area (Å²) >= 11 is 7.19. The molecule has 0 atom stereocenters. The average molecular weight is 549 g/mol. The van der Waals surface area contributed by atoms with Crippen LogP contribution in [-0.4, -0.2) is 22.7 Å². The first-order chi connectivity index (χ1) is 14.7. The predicted octanol–water partition coefficient (Wildman–Crippen LogP) is 6.35. The zero-order chi connectivity index (χ0) is 22.5. The quantitative estimate of drug-likeness (QED) is 0.300. The number of halogens is 2. The standard InChI is InChI=1S/C24H23Br2NO4/c1-14(2)17-9-15(7-8-22(17)28)10-18-19(25)11-16(12-20(18)26)31-13-24(30)27-21-5-3-4-6-23(21)29/h3-9,11-12,14,28-29H,10,13H2,1-2H3,(H,27,30). The van der Waals surface area contributed by atoms with E-state index in [9.17, 15) is 15.0 Å². The molecule has 0 aromatic heterocycles. The molecule has 0 saturated heterocycles. The van der Waals surface area contributed by atoms with Crippen LogP contribution in [0.3, 0.4) is 0 Å². The van der Waals surface area contributed by atoms with Gasteiger partial charge in [-0.15, -0.1) is 0 Å². The van der Waals surface area contributed by atoms with Crippen LogP contribution in [-0.2, 0) is 11.2 Å². The lowest BCUT2D eigenvalue weighted by Gasteiger charge is -2.14. The SMILES string of the molecule is CC(C)c1cc(Cc2c(Br)cc(OCC(=O)Nc3ccccc3O)cc2Br)ccc1O. The number of para-hydroxylation sites is 2. The summed E-state index contributed by atoms with van der Waals surface area (Å²) in [6, 6.07) is 15.8. The maximum atomic E-state index is 12.1. The van der Waals surface area contributed by atoms with Crippen molar-refractivity contribution in [3.05, 3.63) is 80.2 Å². The van der Waals surface area contributed by atoms with E-state index in [0.29, 0.717) is 23.6 Å². The van der Waals surface area contributed by atoms with E-state index >= 15 is 0 Å². The van der Waals surface area contributed by atoms with Crippen LogP contribution in [0, 0.1) is 0 Å². The van der Waals surface area contributed by atoms with Crippen molar-refractivity contribution in [1.82, 2.24) is 0 Å². The Bertz CT molecular complexity index is 1080. The number of carbonyl (C=O) groups is 1. The van der Waals surface area contributed by atoms with Gasteiger partial charge < -0.3 is 20.3 Å². The van der Waals surface area contributed by atoms with Gasteiger partial charge in [0, 0.05) is 8.95 Å². The highest BCUT2D eigenvalue weighted by Gasteiger charge is 2.13. The van der Waals surface area contributed by atoms with E-state index in [2.05, 4.69) is 37.2 Å². The summed E-state index contributed by atoms with van der Waals surface area (Å²) in [7, 11) is 0. The number of aromatic hydroxyl groups is 2. The van der Waals surface area contributed by atoms with Gasteiger partial charge in [-0.1, -0.05) is 70.0 Å². The molecule has 0 aliphatic rings. The molecule has 3 N–H and O–H groups in total. The van der Waals surface area contributed by atoms with E-state index in [4.69, 9.17) is 4.74 Å². The van der Waals surface area contributed by atoms with E-state index in [1.807, 2.05) is 38.1 Å². The smallest absolute Gasteiger partial charge is 0.262 e. The molecular formula is C24H23Br2NO4. The van der Waals surface area contributed by atoms with E-state index in [-0.39, 0.29) is 24.2 Å². The van der Waals surface area contributed by atoms with Gasteiger partial charge in [0.25, 0.3) is 5.91 Å². The minimum absolute atomic E-state index is 0.000506. The summed E-state index contributed by atoms with van der Waals surface area (Å²) in [4.78, 5) is 12.1. The van der Waals surface area contributed by atoms with Crippen molar-refractivity contribution in [2.45, 2.75) is 26.2 Å². The number of anilines is 1. The monoisotopic (exact) mass is 547 g/mol. The summed E-state index contributed by atoms with van der Waals surface area (Å²) in [5.41, 5.74) is 3.37. The molecule has 0 aliphatic heterocycles. The number of hydrogen-bond acceptors (Lipinski definition) is 4. The van der Waals surface area contributed by atoms with Gasteiger partial charge in [-0.25, -0.2) is 0 Å². The van der Waals surface area contributed by atoms with Crippen molar-refractivity contribution in [3.8, 4) is 17.2 Å². The van der Waals surface area contributed by atoms with Gasteiger partial charge >= 0.3 is 0 Å². The molecule has 5 nitrogen and oxygen atoms in total. The van der Waals surface area contributed by atoms with E-state index in [1.54, 1.807) is 24.3 Å². The molecule has 0 bridgehead atoms. The molecule has 31 heavy (non-hydrogen) atoms. The molecule has 0 spiro atoms. The van der Waals surface area contributed by atoms with Crippen LogP contribution in [0.4, 0.5) is 5.69 Å². The summed E-state index contributed by atoms with van der Waals surface area (Å²) in [5.74, 6) is 0.696. The number of rotatable bonds is 7. The first-order valence-corrected chi connectivity index (χ1v) is 11.3. The van der Waals surface area contributed by atoms with E-state index < -0.39 is 0 Å². The number of phenolic OH excluding ortho intramolecular Hbond substituents is 2. The van der Waals surface area contributed by atoms with Gasteiger partial charge in [0.15, 0.2) is 6.61 Å².